The van der Waals surface area contributed by atoms with E-state index < -0.39 is 11.8 Å². The monoisotopic (exact) mass is 520 g/mol. The second-order valence-corrected chi connectivity index (χ2v) is 9.55. The highest BCUT2D eigenvalue weighted by Gasteiger charge is 2.33. The van der Waals surface area contributed by atoms with Crippen LogP contribution < -0.4 is 19.6 Å². The Balaban J connectivity index is 1.45. The van der Waals surface area contributed by atoms with Crippen LogP contribution in [0.15, 0.2) is 71.6 Å². The van der Waals surface area contributed by atoms with Gasteiger partial charge in [-0.3, -0.25) is 15.0 Å². The van der Waals surface area contributed by atoms with E-state index in [9.17, 15) is 9.59 Å². The minimum Gasteiger partial charge on any atom is -0.497 e. The summed E-state index contributed by atoms with van der Waals surface area (Å²) in [6.07, 6.45) is 1.70. The molecule has 3 aromatic rings. The number of nitrogens with one attached hydrogen (secondary N) is 1. The number of carbonyl (C=O) groups is 2. The Morgan fingerprint density at radius 1 is 1.00 bits per heavy atom. The lowest BCUT2D eigenvalue weighted by Crippen LogP contribution is -2.44. The number of aryl methyl sites for hydroxylation is 1. The third kappa shape index (κ3) is 5.87. The highest BCUT2D eigenvalue weighted by atomic mass is 32.2. The number of rotatable bonds is 8. The zero-order chi connectivity index (χ0) is 25.7. The van der Waals surface area contributed by atoms with E-state index in [1.165, 1.54) is 5.56 Å². The van der Waals surface area contributed by atoms with Gasteiger partial charge in [-0.25, -0.2) is 0 Å². The number of hydrogen-bond donors (Lipinski definition) is 1. The lowest BCUT2D eigenvalue weighted by Gasteiger charge is -2.15. The fourth-order valence-electron chi connectivity index (χ4n) is 3.36. The topological polar surface area (TPSA) is 77.1 Å². The molecule has 9 heteroatoms. The zero-order valence-electron chi connectivity index (χ0n) is 19.9. The molecule has 0 aromatic heterocycles. The van der Waals surface area contributed by atoms with Crippen LogP contribution in [0, 0.1) is 6.92 Å². The number of nitrogens with zero attached hydrogens (tertiary/aromatic N) is 1. The SMILES string of the molecule is COc1ccc(C(=O)NN2C(=O)/C(=C\c3ccc(OCc4ccc(C)cc4)c(OC)c3)SC2=S)cc1. The Bertz CT molecular complexity index is 1320. The smallest absolute Gasteiger partial charge is 0.285 e. The van der Waals surface area contributed by atoms with Crippen LogP contribution >= 0.6 is 24.0 Å². The van der Waals surface area contributed by atoms with Crippen LogP contribution in [0.2, 0.25) is 0 Å². The van der Waals surface area contributed by atoms with Gasteiger partial charge in [-0.1, -0.05) is 47.7 Å². The molecule has 1 heterocycles. The Morgan fingerprint density at radius 3 is 2.39 bits per heavy atom. The van der Waals surface area contributed by atoms with Crippen molar-refractivity contribution in [1.82, 2.24) is 10.4 Å². The maximum absolute atomic E-state index is 13.0. The van der Waals surface area contributed by atoms with Crippen molar-refractivity contribution in [2.45, 2.75) is 13.5 Å². The van der Waals surface area contributed by atoms with E-state index in [-0.39, 0.29) is 4.32 Å². The fourth-order valence-corrected chi connectivity index (χ4v) is 4.54. The summed E-state index contributed by atoms with van der Waals surface area (Å²) in [5, 5.41) is 1.08. The second-order valence-electron chi connectivity index (χ2n) is 7.87. The minimum atomic E-state index is -0.452. The van der Waals surface area contributed by atoms with E-state index >= 15 is 0 Å². The van der Waals surface area contributed by atoms with Crippen LogP contribution in [-0.2, 0) is 11.4 Å². The standard InChI is InChI=1S/C27H24N2O5S2/c1-17-4-6-18(7-5-17)16-34-22-13-8-19(14-23(22)33-3)15-24-26(31)29(27(35)36-24)28-25(30)20-9-11-21(32-2)12-10-20/h4-15H,16H2,1-3H3,(H,28,30)/b24-15+. The van der Waals surface area contributed by atoms with Crippen LogP contribution in [0.1, 0.15) is 27.0 Å². The van der Waals surface area contributed by atoms with Crippen molar-refractivity contribution in [2.24, 2.45) is 0 Å². The Kier molecular flexibility index (Phi) is 7.92. The van der Waals surface area contributed by atoms with Crippen molar-refractivity contribution in [3.8, 4) is 17.2 Å². The molecule has 0 radical (unpaired) electrons. The first-order chi connectivity index (χ1) is 17.4. The van der Waals surface area contributed by atoms with Crippen molar-refractivity contribution >= 4 is 46.2 Å². The number of hydrazine groups is 1. The Labute approximate surface area is 219 Å². The molecule has 184 valence electrons. The van der Waals surface area contributed by atoms with Gasteiger partial charge < -0.3 is 14.2 Å². The first-order valence-corrected chi connectivity index (χ1v) is 12.2. The highest BCUT2D eigenvalue weighted by molar-refractivity contribution is 8.26. The molecule has 1 N–H and O–H groups in total. The third-order valence-corrected chi connectivity index (χ3v) is 6.66. The first kappa shape index (κ1) is 25.3. The second kappa shape index (κ2) is 11.3. The van der Waals surface area contributed by atoms with Gasteiger partial charge in [-0.05, 0) is 72.7 Å². The van der Waals surface area contributed by atoms with E-state index in [2.05, 4.69) is 5.43 Å². The molecule has 1 aliphatic rings. The predicted octanol–water partition coefficient (Wildman–Crippen LogP) is 5.14. The number of thiocarbonyl (C=S) groups is 1. The Hall–Kier alpha value is -3.82. The van der Waals surface area contributed by atoms with Crippen LogP contribution in [0.25, 0.3) is 6.08 Å². The van der Waals surface area contributed by atoms with Gasteiger partial charge in [0.05, 0.1) is 19.1 Å². The number of benzene rings is 3. The maximum Gasteiger partial charge on any atom is 0.285 e. The molecule has 7 nitrogen and oxygen atoms in total. The molecule has 1 saturated heterocycles. The van der Waals surface area contributed by atoms with Crippen molar-refractivity contribution in [3.05, 3.63) is 93.9 Å². The molecule has 0 aliphatic carbocycles. The summed E-state index contributed by atoms with van der Waals surface area (Å²) in [7, 11) is 3.11. The van der Waals surface area contributed by atoms with Crippen molar-refractivity contribution in [1.29, 1.82) is 0 Å². The molecule has 0 spiro atoms. The largest absolute Gasteiger partial charge is 0.497 e. The summed E-state index contributed by atoms with van der Waals surface area (Å²) < 4.78 is 16.8. The van der Waals surface area contributed by atoms with Gasteiger partial charge in [0.1, 0.15) is 12.4 Å². The van der Waals surface area contributed by atoms with Crippen LogP contribution in [0.4, 0.5) is 0 Å². The van der Waals surface area contributed by atoms with Crippen LogP contribution in [0.5, 0.6) is 17.2 Å². The number of amides is 2. The summed E-state index contributed by atoms with van der Waals surface area (Å²) in [6.45, 7) is 2.44. The van der Waals surface area contributed by atoms with E-state index in [4.69, 9.17) is 26.4 Å². The van der Waals surface area contributed by atoms with Crippen LogP contribution in [0.3, 0.4) is 0 Å². The van der Waals surface area contributed by atoms with E-state index in [1.807, 2.05) is 37.3 Å². The first-order valence-electron chi connectivity index (χ1n) is 11.0. The number of ether oxygens (including phenoxy) is 3. The molecule has 2 amide bonds. The van der Waals surface area contributed by atoms with Crippen LogP contribution in [-0.4, -0.2) is 35.4 Å². The van der Waals surface area contributed by atoms with Crippen molar-refractivity contribution in [3.63, 3.8) is 0 Å². The molecule has 36 heavy (non-hydrogen) atoms. The molecule has 1 aliphatic heterocycles. The zero-order valence-corrected chi connectivity index (χ0v) is 21.6. The van der Waals surface area contributed by atoms with E-state index in [0.717, 1.165) is 27.9 Å². The van der Waals surface area contributed by atoms with Crippen molar-refractivity contribution in [2.75, 3.05) is 14.2 Å². The minimum absolute atomic E-state index is 0.234. The van der Waals surface area contributed by atoms with Gasteiger partial charge in [0, 0.05) is 5.56 Å². The summed E-state index contributed by atoms with van der Waals surface area (Å²) in [5.41, 5.74) is 5.91. The fraction of sp³-hybridized carbons (Fsp3) is 0.148. The summed E-state index contributed by atoms with van der Waals surface area (Å²) in [6, 6.07) is 20.1. The predicted molar refractivity (Wildman–Crippen MR) is 144 cm³/mol. The molecule has 4 rings (SSSR count). The maximum atomic E-state index is 13.0. The highest BCUT2D eigenvalue weighted by Crippen LogP contribution is 2.34. The van der Waals surface area contributed by atoms with Gasteiger partial charge in [-0.2, -0.15) is 5.01 Å². The molecule has 1 fully saturated rings. The molecule has 3 aromatic carbocycles. The molecule has 0 saturated carbocycles. The van der Waals surface area contributed by atoms with E-state index in [0.29, 0.717) is 34.3 Å². The summed E-state index contributed by atoms with van der Waals surface area (Å²) in [5.74, 6) is 0.897. The molecular weight excluding hydrogens is 496 g/mol. The third-order valence-electron chi connectivity index (χ3n) is 5.36. The van der Waals surface area contributed by atoms with E-state index in [1.54, 1.807) is 56.7 Å². The number of thioether (sulfide) groups is 1. The molecule has 0 atom stereocenters. The lowest BCUT2D eigenvalue weighted by atomic mass is 10.1. The summed E-state index contributed by atoms with van der Waals surface area (Å²) >= 11 is 6.43. The van der Waals surface area contributed by atoms with Gasteiger partial charge in [-0.15, -0.1) is 0 Å². The molecule has 0 unspecified atom stereocenters. The average molecular weight is 521 g/mol. The van der Waals surface area contributed by atoms with Gasteiger partial charge in [0.25, 0.3) is 11.8 Å². The van der Waals surface area contributed by atoms with Crippen molar-refractivity contribution < 1.29 is 23.8 Å². The number of methoxy groups -OCH3 is 2. The van der Waals surface area contributed by atoms with Gasteiger partial charge >= 0.3 is 0 Å². The number of hydrogen-bond acceptors (Lipinski definition) is 7. The normalized spacial score (nSPS) is 14.2. The van der Waals surface area contributed by atoms with Gasteiger partial charge in [0.2, 0.25) is 0 Å². The Morgan fingerprint density at radius 2 is 1.72 bits per heavy atom. The summed E-state index contributed by atoms with van der Waals surface area (Å²) in [4.78, 5) is 25.9. The van der Waals surface area contributed by atoms with Gasteiger partial charge in [0.15, 0.2) is 15.8 Å². The molecular formula is C27H24N2O5S2. The lowest BCUT2D eigenvalue weighted by molar-refractivity contribution is -0.123. The average Bonchev–Trinajstić information content (AvgIpc) is 3.15. The quantitative estimate of drug-likeness (QED) is 0.326. The molecule has 0 bridgehead atoms. The number of carbonyl (C=O) groups excluding carboxylic acids is 2.